The Bertz CT molecular complexity index is 253. The Hall–Kier alpha value is -0.700. The molecule has 0 bridgehead atoms. The third kappa shape index (κ3) is 5.40. The molecule has 3 heteroatoms. The maximum Gasteiger partial charge on any atom is 0.0842 e. The van der Waals surface area contributed by atoms with Crippen molar-refractivity contribution < 1.29 is 5.11 Å². The summed E-state index contributed by atoms with van der Waals surface area (Å²) < 4.78 is 0. The standard InChI is InChI=1S/C13H23NO2/c1-13(2,15)9-3-4-11-5-7-12(8-6-11)10-14-16/h5,12,15H,3-4,6-10H2,1-2H3. The maximum atomic E-state index is 10.1. The fraction of sp³-hybridized carbons (Fsp3) is 0.846. The molecule has 0 aromatic rings. The highest BCUT2D eigenvalue weighted by atomic mass is 16.3. The summed E-state index contributed by atoms with van der Waals surface area (Å²) in [5.41, 5.74) is 0.950. The summed E-state index contributed by atoms with van der Waals surface area (Å²) in [7, 11) is 0. The van der Waals surface area contributed by atoms with Crippen molar-refractivity contribution in [2.75, 3.05) is 6.54 Å². The van der Waals surface area contributed by atoms with Gasteiger partial charge in [0.05, 0.1) is 12.1 Å². The average Bonchev–Trinajstić information content (AvgIpc) is 2.19. The second-order valence-corrected chi connectivity index (χ2v) is 5.48. The van der Waals surface area contributed by atoms with Crippen molar-refractivity contribution in [3.8, 4) is 0 Å². The Balaban J connectivity index is 2.22. The zero-order chi connectivity index (χ0) is 12.0. The van der Waals surface area contributed by atoms with Crippen LogP contribution >= 0.6 is 0 Å². The van der Waals surface area contributed by atoms with Crippen LogP contribution in [0.25, 0.3) is 0 Å². The van der Waals surface area contributed by atoms with Gasteiger partial charge in [0.15, 0.2) is 0 Å². The van der Waals surface area contributed by atoms with Crippen LogP contribution in [0.15, 0.2) is 16.8 Å². The van der Waals surface area contributed by atoms with Crippen molar-refractivity contribution >= 4 is 0 Å². The van der Waals surface area contributed by atoms with Crippen LogP contribution in [-0.2, 0) is 0 Å². The quantitative estimate of drug-likeness (QED) is 0.556. The summed E-state index contributed by atoms with van der Waals surface area (Å²) in [4.78, 5) is 10.1. The highest BCUT2D eigenvalue weighted by molar-refractivity contribution is 5.06. The minimum Gasteiger partial charge on any atom is -0.390 e. The van der Waals surface area contributed by atoms with E-state index in [0.717, 1.165) is 38.5 Å². The van der Waals surface area contributed by atoms with Crippen LogP contribution in [0.4, 0.5) is 0 Å². The minimum absolute atomic E-state index is 0.466. The van der Waals surface area contributed by atoms with Crippen LogP contribution < -0.4 is 0 Å². The molecule has 0 aromatic heterocycles. The SMILES string of the molecule is CC(C)(O)CCCC1=CCC(CN=O)CC1. The van der Waals surface area contributed by atoms with Gasteiger partial charge in [-0.25, -0.2) is 0 Å². The van der Waals surface area contributed by atoms with Gasteiger partial charge in [-0.1, -0.05) is 16.8 Å². The van der Waals surface area contributed by atoms with Gasteiger partial charge in [0.25, 0.3) is 0 Å². The summed E-state index contributed by atoms with van der Waals surface area (Å²) in [6.45, 7) is 4.18. The van der Waals surface area contributed by atoms with Gasteiger partial charge in [0.1, 0.15) is 0 Å². The van der Waals surface area contributed by atoms with E-state index in [4.69, 9.17) is 0 Å². The average molecular weight is 225 g/mol. The Morgan fingerprint density at radius 1 is 1.56 bits per heavy atom. The van der Waals surface area contributed by atoms with Crippen LogP contribution in [0.5, 0.6) is 0 Å². The first-order valence-electron chi connectivity index (χ1n) is 6.20. The fourth-order valence-corrected chi connectivity index (χ4v) is 2.19. The molecule has 3 nitrogen and oxygen atoms in total. The molecule has 1 N–H and O–H groups in total. The number of rotatable bonds is 6. The summed E-state index contributed by atoms with van der Waals surface area (Å²) in [6, 6.07) is 0. The van der Waals surface area contributed by atoms with E-state index >= 15 is 0 Å². The molecule has 0 saturated heterocycles. The molecule has 0 radical (unpaired) electrons. The van der Waals surface area contributed by atoms with Crippen LogP contribution in [0.2, 0.25) is 0 Å². The predicted octanol–water partition coefficient (Wildman–Crippen LogP) is 3.42. The van der Waals surface area contributed by atoms with Crippen molar-refractivity contribution in [2.24, 2.45) is 11.1 Å². The molecule has 1 unspecified atom stereocenters. The molecule has 0 aliphatic heterocycles. The Kier molecular flexibility index (Phi) is 5.13. The van der Waals surface area contributed by atoms with Crippen molar-refractivity contribution in [3.05, 3.63) is 16.6 Å². The summed E-state index contributed by atoms with van der Waals surface area (Å²) >= 11 is 0. The van der Waals surface area contributed by atoms with E-state index in [9.17, 15) is 10.0 Å². The smallest absolute Gasteiger partial charge is 0.0842 e. The second kappa shape index (κ2) is 6.14. The van der Waals surface area contributed by atoms with Crippen molar-refractivity contribution in [2.45, 2.75) is 58.0 Å². The van der Waals surface area contributed by atoms with Crippen LogP contribution in [0, 0.1) is 10.8 Å². The molecule has 0 spiro atoms. The number of hydrogen-bond acceptors (Lipinski definition) is 3. The monoisotopic (exact) mass is 225 g/mol. The van der Waals surface area contributed by atoms with Gasteiger partial charge >= 0.3 is 0 Å². The Morgan fingerprint density at radius 2 is 2.31 bits per heavy atom. The lowest BCUT2D eigenvalue weighted by Crippen LogP contribution is -2.18. The lowest BCUT2D eigenvalue weighted by Gasteiger charge is -2.21. The van der Waals surface area contributed by atoms with E-state index < -0.39 is 5.60 Å². The predicted molar refractivity (Wildman–Crippen MR) is 66.2 cm³/mol. The lowest BCUT2D eigenvalue weighted by molar-refractivity contribution is 0.0688. The molecule has 1 aliphatic carbocycles. The van der Waals surface area contributed by atoms with E-state index in [1.807, 2.05) is 13.8 Å². The number of allylic oxidation sites excluding steroid dienone is 2. The normalized spacial score (nSPS) is 21.7. The van der Waals surface area contributed by atoms with Gasteiger partial charge in [-0.3, -0.25) is 0 Å². The number of nitrogens with zero attached hydrogens (tertiary/aromatic N) is 1. The topological polar surface area (TPSA) is 49.7 Å². The van der Waals surface area contributed by atoms with E-state index in [-0.39, 0.29) is 0 Å². The lowest BCUT2D eigenvalue weighted by atomic mass is 9.87. The molecule has 0 amide bonds. The van der Waals surface area contributed by atoms with Crippen LogP contribution in [0.1, 0.15) is 52.4 Å². The van der Waals surface area contributed by atoms with Crippen molar-refractivity contribution in [1.29, 1.82) is 0 Å². The van der Waals surface area contributed by atoms with E-state index in [1.165, 1.54) is 5.57 Å². The molecule has 16 heavy (non-hydrogen) atoms. The van der Waals surface area contributed by atoms with Gasteiger partial charge < -0.3 is 5.11 Å². The van der Waals surface area contributed by atoms with Gasteiger partial charge in [-0.15, -0.1) is 0 Å². The number of hydrogen-bond donors (Lipinski definition) is 1. The third-order valence-electron chi connectivity index (χ3n) is 3.23. The third-order valence-corrected chi connectivity index (χ3v) is 3.23. The molecule has 0 saturated carbocycles. The van der Waals surface area contributed by atoms with Crippen LogP contribution in [0.3, 0.4) is 0 Å². The van der Waals surface area contributed by atoms with E-state index in [2.05, 4.69) is 11.3 Å². The molecule has 1 rings (SSSR count). The molecule has 92 valence electrons. The van der Waals surface area contributed by atoms with Gasteiger partial charge in [0.2, 0.25) is 0 Å². The largest absolute Gasteiger partial charge is 0.390 e. The number of aliphatic hydroxyl groups is 1. The van der Waals surface area contributed by atoms with Crippen LogP contribution in [-0.4, -0.2) is 17.3 Å². The van der Waals surface area contributed by atoms with Gasteiger partial charge in [0, 0.05) is 0 Å². The molecule has 0 fully saturated rings. The summed E-state index contributed by atoms with van der Waals surface area (Å²) in [5, 5.41) is 12.6. The first kappa shape index (κ1) is 13.4. The van der Waals surface area contributed by atoms with Gasteiger partial charge in [-0.2, -0.15) is 4.91 Å². The zero-order valence-corrected chi connectivity index (χ0v) is 10.4. The zero-order valence-electron chi connectivity index (χ0n) is 10.4. The van der Waals surface area contributed by atoms with Crippen molar-refractivity contribution in [3.63, 3.8) is 0 Å². The maximum absolute atomic E-state index is 10.1. The summed E-state index contributed by atoms with van der Waals surface area (Å²) in [5.74, 6) is 0.468. The molecule has 0 aromatic carbocycles. The number of nitroso groups, excluding NO2 is 1. The highest BCUT2D eigenvalue weighted by Crippen LogP contribution is 2.27. The van der Waals surface area contributed by atoms with Gasteiger partial charge in [-0.05, 0) is 58.3 Å². The molecular weight excluding hydrogens is 202 g/mol. The van der Waals surface area contributed by atoms with E-state index in [1.54, 1.807) is 0 Å². The molecular formula is C13H23NO2. The Morgan fingerprint density at radius 3 is 2.81 bits per heavy atom. The molecule has 0 heterocycles. The highest BCUT2D eigenvalue weighted by Gasteiger charge is 2.16. The van der Waals surface area contributed by atoms with Crippen molar-refractivity contribution in [1.82, 2.24) is 0 Å². The molecule has 1 aliphatic rings. The minimum atomic E-state index is -0.542. The molecule has 1 atom stereocenters. The first-order valence-corrected chi connectivity index (χ1v) is 6.20. The van der Waals surface area contributed by atoms with E-state index in [0.29, 0.717) is 12.5 Å². The first-order chi connectivity index (χ1) is 7.51. The second-order valence-electron chi connectivity index (χ2n) is 5.48. The Labute approximate surface area is 97.9 Å². The fourth-order valence-electron chi connectivity index (χ4n) is 2.19. The summed E-state index contributed by atoms with van der Waals surface area (Å²) in [6.07, 6.45) is 8.46.